The van der Waals surface area contributed by atoms with Gasteiger partial charge in [0.05, 0.1) is 6.61 Å². The van der Waals surface area contributed by atoms with Gasteiger partial charge in [0, 0.05) is 0 Å². The molecule has 7 nitrogen and oxygen atoms in total. The van der Waals surface area contributed by atoms with Crippen LogP contribution in [0.5, 0.6) is 0 Å². The number of hydrogen-bond donors (Lipinski definition) is 2. The Bertz CT molecular complexity index is 157. The van der Waals surface area contributed by atoms with Crippen LogP contribution in [0.15, 0.2) is 5.10 Å². The van der Waals surface area contributed by atoms with Gasteiger partial charge in [-0.3, -0.25) is 4.84 Å². The van der Waals surface area contributed by atoms with Crippen molar-refractivity contribution in [2.45, 2.75) is 13.3 Å². The highest BCUT2D eigenvalue weighted by Gasteiger charge is 1.96. The minimum atomic E-state index is -0.905. The van der Waals surface area contributed by atoms with Crippen molar-refractivity contribution in [3.63, 3.8) is 0 Å². The van der Waals surface area contributed by atoms with Crippen LogP contribution in [0.1, 0.15) is 13.3 Å². The molecule has 0 bridgehead atoms. The van der Waals surface area contributed by atoms with E-state index in [-0.39, 0.29) is 5.96 Å². The molecule has 0 aromatic carbocycles. The number of nitro groups is 1. The molecule has 0 amide bonds. The van der Waals surface area contributed by atoms with Gasteiger partial charge in [-0.05, 0) is 6.42 Å². The normalized spacial score (nSPS) is 11.2. The summed E-state index contributed by atoms with van der Waals surface area (Å²) in [6, 6.07) is 0. The van der Waals surface area contributed by atoms with Gasteiger partial charge in [0.1, 0.15) is 5.10 Å². The van der Waals surface area contributed by atoms with Crippen LogP contribution in [0, 0.1) is 10.1 Å². The van der Waals surface area contributed by atoms with E-state index in [1.54, 1.807) is 0 Å². The molecule has 11 heavy (non-hydrogen) atoms. The predicted molar refractivity (Wildman–Crippen MR) is 38.0 cm³/mol. The van der Waals surface area contributed by atoms with E-state index < -0.39 is 5.03 Å². The lowest BCUT2D eigenvalue weighted by molar-refractivity contribution is -0.485. The molecule has 0 spiro atoms. The van der Waals surface area contributed by atoms with E-state index in [1.807, 2.05) is 6.92 Å². The zero-order valence-electron chi connectivity index (χ0n) is 6.11. The summed E-state index contributed by atoms with van der Waals surface area (Å²) in [6.45, 7) is 2.32. The first kappa shape index (κ1) is 9.63. The summed E-state index contributed by atoms with van der Waals surface area (Å²) in [4.78, 5) is 14.3. The molecule has 0 aromatic heterocycles. The summed E-state index contributed by atoms with van der Waals surface area (Å²) in [6.07, 6.45) is 0.790. The molecule has 0 aliphatic rings. The summed E-state index contributed by atoms with van der Waals surface area (Å²) < 4.78 is 0. The fourth-order valence-electron chi connectivity index (χ4n) is 0.335. The van der Waals surface area contributed by atoms with Gasteiger partial charge >= 0.3 is 0 Å². The Morgan fingerprint density at radius 3 is 3.00 bits per heavy atom. The third-order valence-electron chi connectivity index (χ3n) is 0.672. The molecule has 0 atom stereocenters. The molecule has 0 unspecified atom stereocenters. The lowest BCUT2D eigenvalue weighted by Gasteiger charge is -2.00. The van der Waals surface area contributed by atoms with Crippen molar-refractivity contribution in [1.82, 2.24) is 5.48 Å². The van der Waals surface area contributed by atoms with Crippen LogP contribution in [0.25, 0.3) is 0 Å². The van der Waals surface area contributed by atoms with E-state index in [0.29, 0.717) is 6.61 Å². The Kier molecular flexibility index (Phi) is 4.74. The van der Waals surface area contributed by atoms with E-state index >= 15 is 0 Å². The third kappa shape index (κ3) is 6.52. The second kappa shape index (κ2) is 5.42. The van der Waals surface area contributed by atoms with Gasteiger partial charge in [0.15, 0.2) is 5.03 Å². The Morgan fingerprint density at radius 1 is 1.91 bits per heavy atom. The number of rotatable bonds is 4. The lowest BCUT2D eigenvalue weighted by Crippen LogP contribution is -2.32. The summed E-state index contributed by atoms with van der Waals surface area (Å²) >= 11 is 0. The number of guanidine groups is 1. The van der Waals surface area contributed by atoms with E-state index in [2.05, 4.69) is 15.4 Å². The largest absolute Gasteiger partial charge is 0.363 e. The maximum Gasteiger partial charge on any atom is 0.290 e. The van der Waals surface area contributed by atoms with Crippen LogP contribution >= 0.6 is 0 Å². The van der Waals surface area contributed by atoms with E-state index in [1.165, 1.54) is 0 Å². The minimum absolute atomic E-state index is 0.358. The fraction of sp³-hybridized carbons (Fsp3) is 0.750. The number of hydrogen-bond acceptors (Lipinski definition) is 3. The standard InChI is InChI=1S/C4H10N4O3/c1-2-3-11-7-4(5)6-8(9)10/h2-3H2,1H3,(H3,5,6,7). The van der Waals surface area contributed by atoms with Gasteiger partial charge < -0.3 is 5.73 Å². The molecule has 0 rings (SSSR count). The van der Waals surface area contributed by atoms with Crippen molar-refractivity contribution in [1.29, 1.82) is 0 Å². The highest BCUT2D eigenvalue weighted by Crippen LogP contribution is 1.75. The molecule has 0 aromatic rings. The van der Waals surface area contributed by atoms with Crippen LogP contribution in [0.2, 0.25) is 0 Å². The molecule has 0 aliphatic heterocycles. The lowest BCUT2D eigenvalue weighted by atomic mass is 10.5. The second-order valence-electron chi connectivity index (χ2n) is 1.67. The van der Waals surface area contributed by atoms with E-state index in [9.17, 15) is 10.1 Å². The molecule has 0 saturated carbocycles. The van der Waals surface area contributed by atoms with Gasteiger partial charge in [0.2, 0.25) is 0 Å². The van der Waals surface area contributed by atoms with Gasteiger partial charge in [0.25, 0.3) is 5.96 Å². The van der Waals surface area contributed by atoms with Crippen LogP contribution in [0.4, 0.5) is 0 Å². The highest BCUT2D eigenvalue weighted by atomic mass is 16.7. The van der Waals surface area contributed by atoms with Crippen molar-refractivity contribution in [2.24, 2.45) is 10.8 Å². The first-order chi connectivity index (χ1) is 5.16. The van der Waals surface area contributed by atoms with Crippen molar-refractivity contribution < 1.29 is 9.87 Å². The van der Waals surface area contributed by atoms with Gasteiger partial charge in [-0.15, -0.1) is 0 Å². The van der Waals surface area contributed by atoms with E-state index in [0.717, 1.165) is 6.42 Å². The number of nitrogens with one attached hydrogen (secondary N) is 1. The topological polar surface area (TPSA) is 103 Å². The molecule has 7 heteroatoms. The van der Waals surface area contributed by atoms with Crippen molar-refractivity contribution in [3.05, 3.63) is 10.1 Å². The predicted octanol–water partition coefficient (Wildman–Crippen LogP) is -0.576. The van der Waals surface area contributed by atoms with Gasteiger partial charge in [-0.25, -0.2) is 15.6 Å². The van der Waals surface area contributed by atoms with Crippen molar-refractivity contribution >= 4 is 5.96 Å². The molecule has 0 radical (unpaired) electrons. The molecule has 0 heterocycles. The number of hydrazone groups is 1. The summed E-state index contributed by atoms with van der Waals surface area (Å²) in [5, 5.41) is 11.5. The molecule has 0 saturated heterocycles. The van der Waals surface area contributed by atoms with Crippen LogP contribution in [-0.4, -0.2) is 17.6 Å². The maximum absolute atomic E-state index is 9.68. The second-order valence-corrected chi connectivity index (χ2v) is 1.67. The molecule has 64 valence electrons. The fourth-order valence-corrected chi connectivity index (χ4v) is 0.335. The summed E-state index contributed by atoms with van der Waals surface area (Å²) in [5.41, 5.74) is 7.09. The molecular formula is C4H10N4O3. The summed E-state index contributed by atoms with van der Waals surface area (Å²) in [5.74, 6) is -0.358. The Morgan fingerprint density at radius 2 is 2.55 bits per heavy atom. The minimum Gasteiger partial charge on any atom is -0.363 e. The third-order valence-corrected chi connectivity index (χ3v) is 0.672. The zero-order valence-corrected chi connectivity index (χ0v) is 6.11. The molecular weight excluding hydrogens is 152 g/mol. The number of hydroxylamine groups is 1. The molecule has 0 fully saturated rings. The SMILES string of the molecule is CCCON/C(N)=N/[N+](=O)[O-]. The smallest absolute Gasteiger partial charge is 0.290 e. The average Bonchev–Trinajstić information content (AvgIpc) is 1.86. The van der Waals surface area contributed by atoms with Crippen molar-refractivity contribution in [3.8, 4) is 0 Å². The molecule has 0 aliphatic carbocycles. The number of nitrogens with zero attached hydrogens (tertiary/aromatic N) is 2. The Balaban J connectivity index is 3.51. The highest BCUT2D eigenvalue weighted by molar-refractivity contribution is 5.75. The zero-order chi connectivity index (χ0) is 8.69. The molecule has 3 N–H and O–H groups in total. The summed E-state index contributed by atoms with van der Waals surface area (Å²) in [7, 11) is 0. The van der Waals surface area contributed by atoms with Gasteiger partial charge in [-0.1, -0.05) is 6.92 Å². The van der Waals surface area contributed by atoms with Gasteiger partial charge in [-0.2, -0.15) is 0 Å². The van der Waals surface area contributed by atoms with Crippen molar-refractivity contribution in [2.75, 3.05) is 6.61 Å². The Labute approximate surface area is 63.3 Å². The van der Waals surface area contributed by atoms with Crippen LogP contribution in [0.3, 0.4) is 0 Å². The first-order valence-corrected chi connectivity index (χ1v) is 3.03. The van der Waals surface area contributed by atoms with Crippen LogP contribution in [-0.2, 0) is 4.84 Å². The van der Waals surface area contributed by atoms with Crippen LogP contribution < -0.4 is 11.2 Å². The monoisotopic (exact) mass is 162 g/mol. The first-order valence-electron chi connectivity index (χ1n) is 3.03. The number of nitrogens with two attached hydrogens (primary N) is 1. The Hall–Kier alpha value is -1.37. The quantitative estimate of drug-likeness (QED) is 0.189. The van der Waals surface area contributed by atoms with E-state index in [4.69, 9.17) is 5.73 Å². The maximum atomic E-state index is 9.68. The average molecular weight is 162 g/mol.